The van der Waals surface area contributed by atoms with Crippen LogP contribution in [0.15, 0.2) is 48.5 Å². The van der Waals surface area contributed by atoms with E-state index < -0.39 is 18.7 Å². The fourth-order valence-electron chi connectivity index (χ4n) is 5.22. The Kier molecular flexibility index (Phi) is 8.72. The summed E-state index contributed by atoms with van der Waals surface area (Å²) in [6.07, 6.45) is 4.99. The molecule has 1 unspecified atom stereocenters. The van der Waals surface area contributed by atoms with Crippen molar-refractivity contribution in [2.45, 2.75) is 78.0 Å². The number of nitrogens with zero attached hydrogens (tertiary/aromatic N) is 1. The van der Waals surface area contributed by atoms with Gasteiger partial charge in [0, 0.05) is 12.0 Å². The quantitative estimate of drug-likeness (QED) is 0.372. The highest BCUT2D eigenvalue weighted by molar-refractivity contribution is 5.83. The number of β-lactam (4-membered cyclic amide) rings is 1. The molecule has 1 fully saturated rings. The number of likely N-dealkylation sites (tertiary alicyclic amines) is 1. The van der Waals surface area contributed by atoms with Crippen LogP contribution in [0.4, 0.5) is 0 Å². The Labute approximate surface area is 202 Å². The number of aliphatic carboxylic acids is 1. The zero-order valence-corrected chi connectivity index (χ0v) is 20.5. The molecule has 0 radical (unpaired) electrons. The first-order valence-electron chi connectivity index (χ1n) is 12.3. The lowest BCUT2D eigenvalue weighted by Gasteiger charge is -2.41. The molecule has 1 heterocycles. The zero-order chi connectivity index (χ0) is 24.7. The van der Waals surface area contributed by atoms with Crippen LogP contribution in [0.1, 0.15) is 88.1 Å². The van der Waals surface area contributed by atoms with Crippen LogP contribution in [0.2, 0.25) is 0 Å². The van der Waals surface area contributed by atoms with Crippen LogP contribution in [0.5, 0.6) is 5.75 Å². The smallest absolute Gasteiger partial charge is 0.341 e. The van der Waals surface area contributed by atoms with Crippen molar-refractivity contribution in [1.29, 1.82) is 0 Å². The Hall–Kier alpha value is -2.86. The lowest BCUT2D eigenvalue weighted by Crippen LogP contribution is -2.45. The van der Waals surface area contributed by atoms with Crippen molar-refractivity contribution in [2.75, 3.05) is 6.61 Å². The molecular formula is C28H37NO5. The number of carboxylic acid groups (broad SMARTS) is 1. The minimum Gasteiger partial charge on any atom is -0.482 e. The number of ether oxygens (including phenoxy) is 1. The highest BCUT2D eigenvalue weighted by atomic mass is 16.5. The Morgan fingerprint density at radius 3 is 2.35 bits per heavy atom. The summed E-state index contributed by atoms with van der Waals surface area (Å²) in [5, 5.41) is 20.1. The van der Waals surface area contributed by atoms with E-state index >= 15 is 0 Å². The SMILES string of the molecule is CCCC(CC)(CCC)C(O)c1ccc([C@H]2CC(=O)N2Cc2cccc(OCC(=O)O)c2)cc1. The van der Waals surface area contributed by atoms with Crippen molar-refractivity contribution in [2.24, 2.45) is 5.41 Å². The molecule has 0 aliphatic carbocycles. The molecule has 184 valence electrons. The second kappa shape index (κ2) is 11.5. The van der Waals surface area contributed by atoms with Crippen molar-refractivity contribution < 1.29 is 24.5 Å². The molecular weight excluding hydrogens is 430 g/mol. The lowest BCUT2D eigenvalue weighted by molar-refractivity contribution is -0.147. The number of hydrogen-bond acceptors (Lipinski definition) is 4. The number of hydrogen-bond donors (Lipinski definition) is 2. The van der Waals surface area contributed by atoms with Crippen molar-refractivity contribution in [1.82, 2.24) is 4.90 Å². The van der Waals surface area contributed by atoms with Gasteiger partial charge < -0.3 is 19.8 Å². The van der Waals surface area contributed by atoms with Gasteiger partial charge in [0.05, 0.1) is 18.6 Å². The van der Waals surface area contributed by atoms with Crippen LogP contribution in [0, 0.1) is 5.41 Å². The highest BCUT2D eigenvalue weighted by Crippen LogP contribution is 2.45. The van der Waals surface area contributed by atoms with Crippen molar-refractivity contribution in [3.8, 4) is 5.75 Å². The monoisotopic (exact) mass is 467 g/mol. The van der Waals surface area contributed by atoms with Crippen LogP contribution < -0.4 is 4.74 Å². The number of amides is 1. The maximum Gasteiger partial charge on any atom is 0.341 e. The van der Waals surface area contributed by atoms with E-state index in [1.54, 1.807) is 18.2 Å². The van der Waals surface area contributed by atoms with Gasteiger partial charge in [-0.2, -0.15) is 0 Å². The number of rotatable bonds is 13. The topological polar surface area (TPSA) is 87.1 Å². The Bertz CT molecular complexity index is 965. The van der Waals surface area contributed by atoms with Crippen molar-refractivity contribution in [3.05, 3.63) is 65.2 Å². The zero-order valence-electron chi connectivity index (χ0n) is 20.5. The van der Waals surface area contributed by atoms with E-state index in [1.807, 2.05) is 35.2 Å². The summed E-state index contributed by atoms with van der Waals surface area (Å²) in [6, 6.07) is 15.3. The van der Waals surface area contributed by atoms with E-state index in [9.17, 15) is 14.7 Å². The summed E-state index contributed by atoms with van der Waals surface area (Å²) >= 11 is 0. The van der Waals surface area contributed by atoms with Gasteiger partial charge in [0.1, 0.15) is 5.75 Å². The minimum absolute atomic E-state index is 0.00972. The molecule has 0 aromatic heterocycles. The highest BCUT2D eigenvalue weighted by Gasteiger charge is 2.38. The molecule has 0 spiro atoms. The predicted octanol–water partition coefficient (Wildman–Crippen LogP) is 5.65. The molecule has 2 aromatic carbocycles. The summed E-state index contributed by atoms with van der Waals surface area (Å²) in [4.78, 5) is 25.0. The van der Waals surface area contributed by atoms with E-state index in [0.717, 1.165) is 48.8 Å². The summed E-state index contributed by atoms with van der Waals surface area (Å²) in [7, 11) is 0. The standard InChI is InChI=1S/C28H37NO5/c1-4-14-28(6-3,15-5-2)27(33)22-12-10-21(11-13-22)24-17-25(30)29(24)18-20-8-7-9-23(16-20)34-19-26(31)32/h7-13,16,24,27,33H,4-6,14-15,17-19H2,1-3H3,(H,31,32)/t24-,27?/m1/s1. The summed E-state index contributed by atoms with van der Waals surface area (Å²) in [5.41, 5.74) is 2.78. The van der Waals surface area contributed by atoms with E-state index in [2.05, 4.69) is 20.8 Å². The Balaban J connectivity index is 1.71. The molecule has 2 atom stereocenters. The normalized spacial score (nSPS) is 16.8. The molecule has 6 nitrogen and oxygen atoms in total. The largest absolute Gasteiger partial charge is 0.482 e. The molecule has 2 N–H and O–H groups in total. The minimum atomic E-state index is -1.03. The van der Waals surface area contributed by atoms with Crippen LogP contribution in [-0.4, -0.2) is 33.6 Å². The number of carbonyl (C=O) groups excluding carboxylic acids is 1. The molecule has 1 saturated heterocycles. The molecule has 1 aliphatic rings. The van der Waals surface area contributed by atoms with E-state index in [0.29, 0.717) is 18.7 Å². The molecule has 0 saturated carbocycles. The molecule has 2 aromatic rings. The van der Waals surface area contributed by atoms with E-state index in [4.69, 9.17) is 9.84 Å². The van der Waals surface area contributed by atoms with Crippen LogP contribution >= 0.6 is 0 Å². The molecule has 3 rings (SSSR count). The van der Waals surface area contributed by atoms with Crippen molar-refractivity contribution >= 4 is 11.9 Å². The first-order chi connectivity index (χ1) is 16.3. The number of aliphatic hydroxyl groups excluding tert-OH is 1. The van der Waals surface area contributed by atoms with Crippen LogP contribution in [0.25, 0.3) is 0 Å². The van der Waals surface area contributed by atoms with Gasteiger partial charge in [-0.1, -0.05) is 70.0 Å². The number of carbonyl (C=O) groups is 2. The van der Waals surface area contributed by atoms with Gasteiger partial charge >= 0.3 is 5.97 Å². The van der Waals surface area contributed by atoms with E-state index in [1.165, 1.54) is 0 Å². The maximum absolute atomic E-state index is 12.4. The van der Waals surface area contributed by atoms with Crippen molar-refractivity contribution in [3.63, 3.8) is 0 Å². The van der Waals surface area contributed by atoms with E-state index in [-0.39, 0.29) is 17.4 Å². The molecule has 1 amide bonds. The molecule has 34 heavy (non-hydrogen) atoms. The Morgan fingerprint density at radius 2 is 1.79 bits per heavy atom. The first kappa shape index (κ1) is 25.8. The molecule has 0 bridgehead atoms. The molecule has 1 aliphatic heterocycles. The molecule has 6 heteroatoms. The van der Waals surface area contributed by atoms with Crippen LogP contribution in [-0.2, 0) is 16.1 Å². The third-order valence-electron chi connectivity index (χ3n) is 7.10. The van der Waals surface area contributed by atoms with Gasteiger partial charge in [-0.25, -0.2) is 4.79 Å². The number of carboxylic acids is 1. The summed E-state index contributed by atoms with van der Waals surface area (Å²) < 4.78 is 5.26. The van der Waals surface area contributed by atoms with Gasteiger partial charge in [-0.05, 0) is 48.1 Å². The van der Waals surface area contributed by atoms with Crippen LogP contribution in [0.3, 0.4) is 0 Å². The number of aliphatic hydroxyl groups is 1. The van der Waals surface area contributed by atoms with Gasteiger partial charge in [-0.3, -0.25) is 4.79 Å². The third-order valence-corrected chi connectivity index (χ3v) is 7.10. The first-order valence-corrected chi connectivity index (χ1v) is 12.3. The lowest BCUT2D eigenvalue weighted by atomic mass is 9.70. The van der Waals surface area contributed by atoms with Gasteiger partial charge in [0.15, 0.2) is 6.61 Å². The fourth-order valence-corrected chi connectivity index (χ4v) is 5.22. The van der Waals surface area contributed by atoms with Gasteiger partial charge in [0.25, 0.3) is 0 Å². The average Bonchev–Trinajstić information content (AvgIpc) is 2.84. The average molecular weight is 468 g/mol. The maximum atomic E-state index is 12.4. The second-order valence-electron chi connectivity index (χ2n) is 9.36. The fraction of sp³-hybridized carbons (Fsp3) is 0.500. The van der Waals surface area contributed by atoms with Gasteiger partial charge in [0.2, 0.25) is 5.91 Å². The summed E-state index contributed by atoms with van der Waals surface area (Å²) in [5.74, 6) is -0.472. The third kappa shape index (κ3) is 5.79. The van der Waals surface area contributed by atoms with Gasteiger partial charge in [-0.15, -0.1) is 0 Å². The Morgan fingerprint density at radius 1 is 1.12 bits per heavy atom. The summed E-state index contributed by atoms with van der Waals surface area (Å²) in [6.45, 7) is 6.55. The second-order valence-corrected chi connectivity index (χ2v) is 9.36. The predicted molar refractivity (Wildman–Crippen MR) is 131 cm³/mol. The number of benzene rings is 2.